The molecule has 4 atom stereocenters. The van der Waals surface area contributed by atoms with Gasteiger partial charge in [-0.2, -0.15) is 0 Å². The van der Waals surface area contributed by atoms with Gasteiger partial charge in [-0.15, -0.1) is 0 Å². The number of allylic oxidation sites excluding steroid dienone is 1. The van der Waals surface area contributed by atoms with E-state index in [9.17, 15) is 15.3 Å². The molecule has 4 rings (SSSR count). The van der Waals surface area contributed by atoms with E-state index in [1.165, 1.54) is 0 Å². The molecule has 1 aliphatic rings. The van der Waals surface area contributed by atoms with Gasteiger partial charge in [0.2, 0.25) is 0 Å². The lowest BCUT2D eigenvalue weighted by atomic mass is 9.78. The highest BCUT2D eigenvalue weighted by atomic mass is 16.5. The van der Waals surface area contributed by atoms with Crippen molar-refractivity contribution in [2.24, 2.45) is 11.8 Å². The zero-order valence-electron chi connectivity index (χ0n) is 18.7. The SMILES string of the molecule is COC[C@H]1C[C@@H](CC=Cc2ccc(O)cc2)[C@H](c2ccc(O)cc2)O[C@H]1c1ccc(O)cc1. The van der Waals surface area contributed by atoms with Gasteiger partial charge in [-0.05, 0) is 71.8 Å². The van der Waals surface area contributed by atoms with Crippen molar-refractivity contribution in [3.8, 4) is 17.2 Å². The van der Waals surface area contributed by atoms with E-state index in [0.717, 1.165) is 29.5 Å². The first-order valence-electron chi connectivity index (χ1n) is 11.2. The molecule has 0 unspecified atom stereocenters. The molecule has 0 saturated carbocycles. The molecule has 0 bridgehead atoms. The monoisotopic (exact) mass is 446 g/mol. The van der Waals surface area contributed by atoms with E-state index in [0.29, 0.717) is 6.61 Å². The van der Waals surface area contributed by atoms with E-state index < -0.39 is 0 Å². The number of methoxy groups -OCH3 is 1. The van der Waals surface area contributed by atoms with Crippen LogP contribution in [-0.4, -0.2) is 29.0 Å². The normalized spacial score (nSPS) is 23.1. The lowest BCUT2D eigenvalue weighted by molar-refractivity contribution is -0.133. The fraction of sp³-hybridized carbons (Fsp3) is 0.286. The average molecular weight is 447 g/mol. The highest BCUT2D eigenvalue weighted by Gasteiger charge is 2.39. The summed E-state index contributed by atoms with van der Waals surface area (Å²) < 4.78 is 12.3. The minimum atomic E-state index is -0.165. The molecular weight excluding hydrogens is 416 g/mol. The van der Waals surface area contributed by atoms with Gasteiger partial charge in [0.25, 0.3) is 0 Å². The summed E-state index contributed by atoms with van der Waals surface area (Å²) in [6.07, 6.45) is 5.62. The Morgan fingerprint density at radius 1 is 0.758 bits per heavy atom. The molecule has 3 aromatic carbocycles. The van der Waals surface area contributed by atoms with Gasteiger partial charge in [0.1, 0.15) is 17.2 Å². The molecule has 0 aliphatic carbocycles. The van der Waals surface area contributed by atoms with Gasteiger partial charge in [-0.3, -0.25) is 0 Å². The van der Waals surface area contributed by atoms with Gasteiger partial charge in [0.15, 0.2) is 0 Å². The molecule has 1 heterocycles. The van der Waals surface area contributed by atoms with Crippen LogP contribution in [0.4, 0.5) is 0 Å². The van der Waals surface area contributed by atoms with Gasteiger partial charge in [0.05, 0.1) is 18.8 Å². The van der Waals surface area contributed by atoms with Crippen LogP contribution in [0.1, 0.15) is 41.7 Å². The second kappa shape index (κ2) is 10.6. The fourth-order valence-corrected chi connectivity index (χ4v) is 4.60. The first-order valence-corrected chi connectivity index (χ1v) is 11.2. The van der Waals surface area contributed by atoms with Gasteiger partial charge in [-0.25, -0.2) is 0 Å². The summed E-state index contributed by atoms with van der Waals surface area (Å²) in [4.78, 5) is 0. The summed E-state index contributed by atoms with van der Waals surface area (Å²) >= 11 is 0. The molecular formula is C28H30O5. The van der Waals surface area contributed by atoms with Crippen LogP contribution < -0.4 is 0 Å². The third kappa shape index (κ3) is 5.75. The van der Waals surface area contributed by atoms with Gasteiger partial charge in [0, 0.05) is 13.0 Å². The van der Waals surface area contributed by atoms with E-state index in [-0.39, 0.29) is 41.3 Å². The Labute approximate surface area is 194 Å². The lowest BCUT2D eigenvalue weighted by Crippen LogP contribution is -2.34. The highest BCUT2D eigenvalue weighted by molar-refractivity contribution is 5.50. The Hall–Kier alpha value is -3.28. The topological polar surface area (TPSA) is 79.2 Å². The molecule has 3 N–H and O–H groups in total. The maximum Gasteiger partial charge on any atom is 0.115 e. The van der Waals surface area contributed by atoms with E-state index in [1.807, 2.05) is 36.4 Å². The molecule has 0 spiro atoms. The molecule has 1 aliphatic heterocycles. The number of rotatable bonds is 7. The van der Waals surface area contributed by atoms with Crippen molar-refractivity contribution < 1.29 is 24.8 Å². The second-order valence-electron chi connectivity index (χ2n) is 8.60. The molecule has 1 fully saturated rings. The fourth-order valence-electron chi connectivity index (χ4n) is 4.60. The summed E-state index contributed by atoms with van der Waals surface area (Å²) in [5.74, 6) is 1.09. The van der Waals surface area contributed by atoms with Crippen LogP contribution in [-0.2, 0) is 9.47 Å². The van der Waals surface area contributed by atoms with Gasteiger partial charge < -0.3 is 24.8 Å². The summed E-state index contributed by atoms with van der Waals surface area (Å²) in [7, 11) is 1.71. The molecule has 5 heteroatoms. The smallest absolute Gasteiger partial charge is 0.115 e. The molecule has 1 saturated heterocycles. The summed E-state index contributed by atoms with van der Waals surface area (Å²) in [5.41, 5.74) is 3.06. The number of phenols is 3. The van der Waals surface area contributed by atoms with Crippen LogP contribution in [0.2, 0.25) is 0 Å². The molecule has 5 nitrogen and oxygen atoms in total. The van der Waals surface area contributed by atoms with Crippen molar-refractivity contribution in [1.82, 2.24) is 0 Å². The molecule has 0 radical (unpaired) electrons. The van der Waals surface area contributed by atoms with Crippen LogP contribution >= 0.6 is 0 Å². The molecule has 172 valence electrons. The van der Waals surface area contributed by atoms with Crippen LogP contribution in [0, 0.1) is 11.8 Å². The van der Waals surface area contributed by atoms with Crippen LogP contribution in [0.3, 0.4) is 0 Å². The summed E-state index contributed by atoms with van der Waals surface area (Å²) in [5, 5.41) is 29.0. The van der Waals surface area contributed by atoms with Crippen molar-refractivity contribution >= 4 is 6.08 Å². The predicted octanol–water partition coefficient (Wildman–Crippen LogP) is 5.99. The van der Waals surface area contributed by atoms with Gasteiger partial charge in [-0.1, -0.05) is 48.6 Å². The maximum atomic E-state index is 9.77. The summed E-state index contributed by atoms with van der Waals surface area (Å²) in [6, 6.07) is 21.5. The van der Waals surface area contributed by atoms with E-state index in [1.54, 1.807) is 43.5 Å². The Balaban J connectivity index is 1.60. The number of aromatic hydroxyl groups is 3. The Morgan fingerprint density at radius 2 is 1.24 bits per heavy atom. The van der Waals surface area contributed by atoms with E-state index in [2.05, 4.69) is 12.2 Å². The Morgan fingerprint density at radius 3 is 1.76 bits per heavy atom. The largest absolute Gasteiger partial charge is 0.508 e. The van der Waals surface area contributed by atoms with E-state index >= 15 is 0 Å². The van der Waals surface area contributed by atoms with Crippen molar-refractivity contribution in [3.63, 3.8) is 0 Å². The van der Waals surface area contributed by atoms with Crippen molar-refractivity contribution in [1.29, 1.82) is 0 Å². The first kappa shape index (κ1) is 22.9. The third-order valence-corrected chi connectivity index (χ3v) is 6.22. The average Bonchev–Trinajstić information content (AvgIpc) is 2.82. The molecule has 3 aromatic rings. The number of phenolic OH excluding ortho intramolecular Hbond substituents is 3. The quantitative estimate of drug-likeness (QED) is 0.416. The van der Waals surface area contributed by atoms with Crippen LogP contribution in [0.25, 0.3) is 6.08 Å². The van der Waals surface area contributed by atoms with Gasteiger partial charge >= 0.3 is 0 Å². The van der Waals surface area contributed by atoms with Crippen LogP contribution in [0.15, 0.2) is 78.9 Å². The van der Waals surface area contributed by atoms with Crippen molar-refractivity contribution in [2.45, 2.75) is 25.0 Å². The third-order valence-electron chi connectivity index (χ3n) is 6.22. The zero-order valence-corrected chi connectivity index (χ0v) is 18.7. The minimum Gasteiger partial charge on any atom is -0.508 e. The predicted molar refractivity (Wildman–Crippen MR) is 128 cm³/mol. The highest BCUT2D eigenvalue weighted by Crippen LogP contribution is 2.47. The number of benzene rings is 3. The minimum absolute atomic E-state index is 0.151. The van der Waals surface area contributed by atoms with Crippen LogP contribution in [0.5, 0.6) is 17.2 Å². The molecule has 0 aromatic heterocycles. The molecule has 0 amide bonds. The van der Waals surface area contributed by atoms with Crippen molar-refractivity contribution in [3.05, 3.63) is 95.6 Å². The number of hydrogen-bond donors (Lipinski definition) is 3. The standard InChI is InChI=1S/C28H30O5/c1-32-18-23-17-22(4-2-3-19-5-11-24(29)12-6-19)27(20-7-13-25(30)14-8-20)33-28(23)21-9-15-26(31)16-10-21/h2-3,5-16,22-23,27-31H,4,17-18H2,1H3/t22-,23-,27+,28+/m1/s1. The summed E-state index contributed by atoms with van der Waals surface area (Å²) in [6.45, 7) is 0.575. The Bertz CT molecular complexity index is 1040. The number of ether oxygens (including phenoxy) is 2. The lowest BCUT2D eigenvalue weighted by Gasteiger charge is -2.42. The maximum absolute atomic E-state index is 9.77. The van der Waals surface area contributed by atoms with Crippen molar-refractivity contribution in [2.75, 3.05) is 13.7 Å². The second-order valence-corrected chi connectivity index (χ2v) is 8.60. The number of hydrogen-bond acceptors (Lipinski definition) is 5. The molecule has 33 heavy (non-hydrogen) atoms. The first-order chi connectivity index (χ1) is 16.0. The van der Waals surface area contributed by atoms with E-state index in [4.69, 9.17) is 9.47 Å². The zero-order chi connectivity index (χ0) is 23.2. The Kier molecular flexibility index (Phi) is 7.33.